The van der Waals surface area contributed by atoms with Gasteiger partial charge in [0, 0.05) is 6.54 Å². The maximum absolute atomic E-state index is 13.0. The lowest BCUT2D eigenvalue weighted by Gasteiger charge is -2.14. The molecule has 0 spiro atoms. The van der Waals surface area contributed by atoms with E-state index >= 15 is 0 Å². The van der Waals surface area contributed by atoms with Gasteiger partial charge in [-0.3, -0.25) is 0 Å². The van der Waals surface area contributed by atoms with Gasteiger partial charge in [-0.25, -0.2) is 0 Å². The first kappa shape index (κ1) is 14.4. The van der Waals surface area contributed by atoms with Crippen molar-refractivity contribution in [2.75, 3.05) is 7.11 Å². The van der Waals surface area contributed by atoms with Gasteiger partial charge in [0.2, 0.25) is 0 Å². The van der Waals surface area contributed by atoms with E-state index < -0.39 is 11.7 Å². The lowest BCUT2D eigenvalue weighted by atomic mass is 9.98. The minimum atomic E-state index is -4.41. The summed E-state index contributed by atoms with van der Waals surface area (Å²) in [6.07, 6.45) is -4.41. The van der Waals surface area contributed by atoms with E-state index in [-0.39, 0.29) is 12.1 Å². The third kappa shape index (κ3) is 2.93. The second-order valence-corrected chi connectivity index (χ2v) is 4.31. The molecule has 0 saturated heterocycles. The normalized spacial score (nSPS) is 11.4. The second-order valence-electron chi connectivity index (χ2n) is 4.31. The summed E-state index contributed by atoms with van der Waals surface area (Å²) in [7, 11) is 1.51. The molecule has 0 aliphatic rings. The molecule has 2 aromatic carbocycles. The molecule has 2 aromatic rings. The summed E-state index contributed by atoms with van der Waals surface area (Å²) < 4.78 is 44.1. The van der Waals surface area contributed by atoms with Crippen LogP contribution in [0.2, 0.25) is 0 Å². The SMILES string of the molecule is COc1cccc(-c2ccc(CN)c(C(F)(F)F)c2)c1. The molecule has 0 radical (unpaired) electrons. The molecular weight excluding hydrogens is 267 g/mol. The molecule has 0 fully saturated rings. The zero-order valence-electron chi connectivity index (χ0n) is 10.9. The van der Waals surface area contributed by atoms with Crippen LogP contribution in [0.4, 0.5) is 13.2 Å². The van der Waals surface area contributed by atoms with Gasteiger partial charge in [-0.15, -0.1) is 0 Å². The summed E-state index contributed by atoms with van der Waals surface area (Å²) in [6.45, 7) is -0.146. The molecule has 106 valence electrons. The lowest BCUT2D eigenvalue weighted by Crippen LogP contribution is -2.12. The fraction of sp³-hybridized carbons (Fsp3) is 0.200. The van der Waals surface area contributed by atoms with Crippen LogP contribution in [0.15, 0.2) is 42.5 Å². The molecule has 20 heavy (non-hydrogen) atoms. The molecule has 0 saturated carbocycles. The zero-order valence-corrected chi connectivity index (χ0v) is 10.9. The summed E-state index contributed by atoms with van der Waals surface area (Å²) in [6, 6.07) is 11.1. The zero-order chi connectivity index (χ0) is 14.8. The van der Waals surface area contributed by atoms with Crippen molar-refractivity contribution in [1.29, 1.82) is 0 Å². The van der Waals surface area contributed by atoms with Crippen LogP contribution < -0.4 is 10.5 Å². The Morgan fingerprint density at radius 2 is 1.75 bits per heavy atom. The first-order valence-corrected chi connectivity index (χ1v) is 6.00. The highest BCUT2D eigenvalue weighted by atomic mass is 19.4. The first-order chi connectivity index (χ1) is 9.45. The van der Waals surface area contributed by atoms with E-state index in [9.17, 15) is 13.2 Å². The van der Waals surface area contributed by atoms with Gasteiger partial charge in [0.1, 0.15) is 5.75 Å². The van der Waals surface area contributed by atoms with Gasteiger partial charge in [-0.05, 0) is 34.9 Å². The van der Waals surface area contributed by atoms with Crippen molar-refractivity contribution in [3.63, 3.8) is 0 Å². The van der Waals surface area contributed by atoms with Crippen molar-refractivity contribution < 1.29 is 17.9 Å². The summed E-state index contributed by atoms with van der Waals surface area (Å²) in [4.78, 5) is 0. The maximum atomic E-state index is 13.0. The third-order valence-corrected chi connectivity index (χ3v) is 3.04. The Hall–Kier alpha value is -2.01. The smallest absolute Gasteiger partial charge is 0.416 e. The molecule has 2 rings (SSSR count). The van der Waals surface area contributed by atoms with Crippen molar-refractivity contribution in [3.8, 4) is 16.9 Å². The Kier molecular flexibility index (Phi) is 3.99. The monoisotopic (exact) mass is 281 g/mol. The molecule has 0 aliphatic carbocycles. The number of alkyl halides is 3. The average Bonchev–Trinajstić information content (AvgIpc) is 2.45. The molecule has 0 bridgehead atoms. The molecule has 0 unspecified atom stereocenters. The fourth-order valence-electron chi connectivity index (χ4n) is 2.00. The molecule has 2 N–H and O–H groups in total. The Bertz CT molecular complexity index is 608. The first-order valence-electron chi connectivity index (χ1n) is 6.00. The van der Waals surface area contributed by atoms with Crippen LogP contribution in [0.3, 0.4) is 0 Å². The number of benzene rings is 2. The Balaban J connectivity index is 2.53. The Labute approximate surface area is 115 Å². The van der Waals surface area contributed by atoms with E-state index in [0.29, 0.717) is 16.9 Å². The van der Waals surface area contributed by atoms with Gasteiger partial charge in [-0.1, -0.05) is 24.3 Å². The molecule has 0 aromatic heterocycles. The molecule has 0 heterocycles. The summed E-state index contributed by atoms with van der Waals surface area (Å²) in [5.74, 6) is 0.596. The van der Waals surface area contributed by atoms with Gasteiger partial charge in [0.25, 0.3) is 0 Å². The quantitative estimate of drug-likeness (QED) is 0.927. The van der Waals surface area contributed by atoms with Crippen LogP contribution in [0.1, 0.15) is 11.1 Å². The number of rotatable bonds is 3. The highest BCUT2D eigenvalue weighted by molar-refractivity contribution is 5.66. The Morgan fingerprint density at radius 3 is 2.35 bits per heavy atom. The fourth-order valence-corrected chi connectivity index (χ4v) is 2.00. The van der Waals surface area contributed by atoms with E-state index in [4.69, 9.17) is 10.5 Å². The number of hydrogen-bond donors (Lipinski definition) is 1. The standard InChI is InChI=1S/C15H14F3NO/c1-20-13-4-2-3-10(7-13)11-5-6-12(9-19)14(8-11)15(16,17)18/h2-8H,9,19H2,1H3. The molecule has 5 heteroatoms. The van der Waals surface area contributed by atoms with E-state index in [1.807, 2.05) is 0 Å². The summed E-state index contributed by atoms with van der Waals surface area (Å²) in [5, 5.41) is 0. The number of ether oxygens (including phenoxy) is 1. The number of nitrogens with two attached hydrogens (primary N) is 1. The van der Waals surface area contributed by atoms with Crippen LogP contribution >= 0.6 is 0 Å². The predicted octanol–water partition coefficient (Wildman–Crippen LogP) is 3.84. The largest absolute Gasteiger partial charge is 0.497 e. The maximum Gasteiger partial charge on any atom is 0.416 e. The summed E-state index contributed by atoms with van der Waals surface area (Å²) in [5.41, 5.74) is 5.90. The number of hydrogen-bond acceptors (Lipinski definition) is 2. The van der Waals surface area contributed by atoms with Crippen LogP contribution in [-0.2, 0) is 12.7 Å². The molecule has 0 atom stereocenters. The van der Waals surface area contributed by atoms with Crippen LogP contribution in [0, 0.1) is 0 Å². The Morgan fingerprint density at radius 1 is 1.05 bits per heavy atom. The van der Waals surface area contributed by atoms with Crippen molar-refractivity contribution in [2.24, 2.45) is 5.73 Å². The van der Waals surface area contributed by atoms with Crippen molar-refractivity contribution in [2.45, 2.75) is 12.7 Å². The predicted molar refractivity (Wildman–Crippen MR) is 71.3 cm³/mol. The minimum Gasteiger partial charge on any atom is -0.497 e. The van der Waals surface area contributed by atoms with Crippen LogP contribution in [-0.4, -0.2) is 7.11 Å². The number of halogens is 3. The highest BCUT2D eigenvalue weighted by Crippen LogP contribution is 2.35. The molecule has 0 aliphatic heterocycles. The van der Waals surface area contributed by atoms with Crippen LogP contribution in [0.25, 0.3) is 11.1 Å². The van der Waals surface area contributed by atoms with Gasteiger partial charge in [0.05, 0.1) is 12.7 Å². The summed E-state index contributed by atoms with van der Waals surface area (Å²) >= 11 is 0. The lowest BCUT2D eigenvalue weighted by molar-refractivity contribution is -0.138. The van der Waals surface area contributed by atoms with Crippen LogP contribution in [0.5, 0.6) is 5.75 Å². The van der Waals surface area contributed by atoms with E-state index in [0.717, 1.165) is 6.07 Å². The van der Waals surface area contributed by atoms with Gasteiger partial charge >= 0.3 is 6.18 Å². The topological polar surface area (TPSA) is 35.2 Å². The van der Waals surface area contributed by atoms with Crippen molar-refractivity contribution >= 4 is 0 Å². The number of methoxy groups -OCH3 is 1. The molecular formula is C15H14F3NO. The van der Waals surface area contributed by atoms with E-state index in [1.54, 1.807) is 30.3 Å². The van der Waals surface area contributed by atoms with Gasteiger partial charge in [-0.2, -0.15) is 13.2 Å². The average molecular weight is 281 g/mol. The second kappa shape index (κ2) is 5.54. The van der Waals surface area contributed by atoms with E-state index in [2.05, 4.69) is 0 Å². The highest BCUT2D eigenvalue weighted by Gasteiger charge is 2.33. The molecule has 2 nitrogen and oxygen atoms in total. The van der Waals surface area contributed by atoms with Crippen molar-refractivity contribution in [3.05, 3.63) is 53.6 Å². The minimum absolute atomic E-state index is 0.0872. The van der Waals surface area contributed by atoms with Crippen molar-refractivity contribution in [1.82, 2.24) is 0 Å². The molecule has 0 amide bonds. The van der Waals surface area contributed by atoms with Gasteiger partial charge in [0.15, 0.2) is 0 Å². The third-order valence-electron chi connectivity index (χ3n) is 3.04. The van der Waals surface area contributed by atoms with E-state index in [1.165, 1.54) is 13.2 Å². The van der Waals surface area contributed by atoms with Gasteiger partial charge < -0.3 is 10.5 Å².